The van der Waals surface area contributed by atoms with E-state index < -0.39 is 14.9 Å². The Labute approximate surface area is 191 Å². The molecule has 0 fully saturated rings. The van der Waals surface area contributed by atoms with Crippen LogP contribution in [0.4, 0.5) is 23.0 Å². The standard InChI is InChI=1S/C19H12Cl2N6O4S/c20-16-8-11(9-17(21)25-16)22-18-19(24-15-7-2-1-6-14(15)23-18)26-32(30,31)13-5-3-4-12(10-13)27(28)29/h1-10H,(H,24,26)(H,22,23,25). The lowest BCUT2D eigenvalue weighted by atomic mass is 10.3. The average Bonchev–Trinajstić information content (AvgIpc) is 2.73. The van der Waals surface area contributed by atoms with Gasteiger partial charge < -0.3 is 5.32 Å². The number of nitrogens with zero attached hydrogens (tertiary/aromatic N) is 4. The van der Waals surface area contributed by atoms with Crippen molar-refractivity contribution in [2.24, 2.45) is 0 Å². The Balaban J connectivity index is 1.79. The van der Waals surface area contributed by atoms with E-state index in [-0.39, 0.29) is 32.5 Å². The smallest absolute Gasteiger partial charge is 0.270 e. The maximum atomic E-state index is 12.9. The minimum atomic E-state index is -4.23. The van der Waals surface area contributed by atoms with E-state index in [1.165, 1.54) is 30.3 Å². The molecule has 0 aliphatic heterocycles. The molecule has 2 N–H and O–H groups in total. The summed E-state index contributed by atoms with van der Waals surface area (Å²) in [5, 5.41) is 14.2. The molecule has 2 aromatic carbocycles. The zero-order valence-electron chi connectivity index (χ0n) is 15.9. The van der Waals surface area contributed by atoms with Gasteiger partial charge in [-0.25, -0.2) is 23.4 Å². The van der Waals surface area contributed by atoms with Crippen LogP contribution in [0.15, 0.2) is 65.6 Å². The van der Waals surface area contributed by atoms with Crippen LogP contribution >= 0.6 is 23.2 Å². The third-order valence-corrected chi connectivity index (χ3v) is 5.89. The van der Waals surface area contributed by atoms with Gasteiger partial charge >= 0.3 is 0 Å². The highest BCUT2D eigenvalue weighted by atomic mass is 35.5. The second-order valence-electron chi connectivity index (χ2n) is 6.40. The first-order chi connectivity index (χ1) is 15.2. The van der Waals surface area contributed by atoms with E-state index in [1.54, 1.807) is 24.3 Å². The molecule has 162 valence electrons. The number of halogens is 2. The van der Waals surface area contributed by atoms with Crippen LogP contribution in [0.2, 0.25) is 10.3 Å². The van der Waals surface area contributed by atoms with Crippen molar-refractivity contribution in [3.63, 3.8) is 0 Å². The van der Waals surface area contributed by atoms with E-state index >= 15 is 0 Å². The fourth-order valence-electron chi connectivity index (χ4n) is 2.78. The molecule has 0 bridgehead atoms. The number of nitro benzene ring substituents is 1. The molecule has 0 spiro atoms. The van der Waals surface area contributed by atoms with Crippen LogP contribution in [0, 0.1) is 10.1 Å². The molecule has 32 heavy (non-hydrogen) atoms. The molecule has 0 aliphatic carbocycles. The van der Waals surface area contributed by atoms with Gasteiger partial charge in [0.15, 0.2) is 11.6 Å². The number of para-hydroxylation sites is 2. The van der Waals surface area contributed by atoms with Gasteiger partial charge in [0.2, 0.25) is 0 Å². The van der Waals surface area contributed by atoms with Gasteiger partial charge in [0.25, 0.3) is 15.7 Å². The van der Waals surface area contributed by atoms with Gasteiger partial charge in [0.1, 0.15) is 10.3 Å². The summed E-state index contributed by atoms with van der Waals surface area (Å²) in [6.45, 7) is 0. The molecular formula is C19H12Cl2N6O4S. The number of nitrogens with one attached hydrogen (secondary N) is 2. The normalized spacial score (nSPS) is 11.3. The van der Waals surface area contributed by atoms with Crippen LogP contribution in [0.25, 0.3) is 11.0 Å². The van der Waals surface area contributed by atoms with Crippen molar-refractivity contribution >= 4 is 67.3 Å². The zero-order valence-corrected chi connectivity index (χ0v) is 18.2. The van der Waals surface area contributed by atoms with Gasteiger partial charge in [-0.15, -0.1) is 0 Å². The third-order valence-electron chi connectivity index (χ3n) is 4.17. The number of anilines is 3. The minimum absolute atomic E-state index is 0.0658. The van der Waals surface area contributed by atoms with Crippen molar-refractivity contribution in [3.8, 4) is 0 Å². The SMILES string of the molecule is O=[N+]([O-])c1cccc(S(=O)(=O)Nc2nc3ccccc3nc2Nc2cc(Cl)nc(Cl)c2)c1. The van der Waals surface area contributed by atoms with Crippen molar-refractivity contribution in [2.45, 2.75) is 4.90 Å². The molecule has 0 unspecified atom stereocenters. The number of hydrogen-bond acceptors (Lipinski definition) is 8. The van der Waals surface area contributed by atoms with E-state index in [0.717, 1.165) is 6.07 Å². The van der Waals surface area contributed by atoms with Crippen LogP contribution in [-0.2, 0) is 10.0 Å². The minimum Gasteiger partial charge on any atom is -0.337 e. The summed E-state index contributed by atoms with van der Waals surface area (Å²) in [4.78, 5) is 22.7. The number of aromatic nitrogens is 3. The van der Waals surface area contributed by atoms with Crippen molar-refractivity contribution in [2.75, 3.05) is 10.0 Å². The van der Waals surface area contributed by atoms with E-state index in [0.29, 0.717) is 16.7 Å². The van der Waals surface area contributed by atoms with Crippen molar-refractivity contribution in [1.82, 2.24) is 15.0 Å². The molecule has 13 heteroatoms. The molecule has 0 saturated carbocycles. The highest BCUT2D eigenvalue weighted by Gasteiger charge is 2.21. The first-order valence-corrected chi connectivity index (χ1v) is 11.1. The van der Waals surface area contributed by atoms with E-state index in [1.807, 2.05) is 0 Å². The Morgan fingerprint density at radius 1 is 0.844 bits per heavy atom. The molecule has 4 aromatic rings. The Kier molecular flexibility index (Phi) is 5.78. The van der Waals surface area contributed by atoms with Crippen LogP contribution < -0.4 is 10.0 Å². The first kappa shape index (κ1) is 21.7. The predicted octanol–water partition coefficient (Wildman–Crippen LogP) is 4.78. The number of rotatable bonds is 6. The second-order valence-corrected chi connectivity index (χ2v) is 8.85. The van der Waals surface area contributed by atoms with Gasteiger partial charge in [-0.1, -0.05) is 41.4 Å². The van der Waals surface area contributed by atoms with Crippen molar-refractivity contribution in [3.05, 3.63) is 81.1 Å². The number of pyridine rings is 1. The van der Waals surface area contributed by atoms with Gasteiger partial charge in [0, 0.05) is 17.8 Å². The molecule has 0 aliphatic rings. The maximum absolute atomic E-state index is 12.9. The molecule has 0 atom stereocenters. The summed E-state index contributed by atoms with van der Waals surface area (Å²) in [7, 11) is -4.23. The second kappa shape index (κ2) is 8.54. The monoisotopic (exact) mass is 490 g/mol. The molecule has 2 aromatic heterocycles. The lowest BCUT2D eigenvalue weighted by molar-refractivity contribution is -0.385. The summed E-state index contributed by atoms with van der Waals surface area (Å²) in [6.07, 6.45) is 0. The van der Waals surface area contributed by atoms with Gasteiger partial charge in [-0.3, -0.25) is 14.8 Å². The van der Waals surface area contributed by atoms with E-state index in [9.17, 15) is 18.5 Å². The predicted molar refractivity (Wildman–Crippen MR) is 121 cm³/mol. The first-order valence-electron chi connectivity index (χ1n) is 8.85. The number of fused-ring (bicyclic) bond motifs is 1. The van der Waals surface area contributed by atoms with Gasteiger partial charge in [0.05, 0.1) is 20.9 Å². The molecular weight excluding hydrogens is 479 g/mol. The van der Waals surface area contributed by atoms with Crippen molar-refractivity contribution < 1.29 is 13.3 Å². The lowest BCUT2D eigenvalue weighted by Gasteiger charge is -2.14. The van der Waals surface area contributed by atoms with E-state index in [2.05, 4.69) is 25.0 Å². The quantitative estimate of drug-likeness (QED) is 0.223. The summed E-state index contributed by atoms with van der Waals surface area (Å²) in [6, 6.07) is 14.5. The van der Waals surface area contributed by atoms with Crippen LogP contribution in [0.3, 0.4) is 0 Å². The fourth-order valence-corrected chi connectivity index (χ4v) is 4.29. The average molecular weight is 491 g/mol. The molecule has 0 radical (unpaired) electrons. The topological polar surface area (TPSA) is 140 Å². The number of hydrogen-bond donors (Lipinski definition) is 2. The van der Waals surface area contributed by atoms with E-state index in [4.69, 9.17) is 23.2 Å². The number of sulfonamides is 1. The lowest BCUT2D eigenvalue weighted by Crippen LogP contribution is -2.16. The largest absolute Gasteiger partial charge is 0.337 e. The Hall–Kier alpha value is -3.54. The number of benzene rings is 2. The molecule has 2 heterocycles. The number of nitro groups is 1. The Morgan fingerprint density at radius 3 is 2.09 bits per heavy atom. The molecule has 4 rings (SSSR count). The highest BCUT2D eigenvalue weighted by molar-refractivity contribution is 7.92. The van der Waals surface area contributed by atoms with Crippen LogP contribution in [0.1, 0.15) is 0 Å². The summed E-state index contributed by atoms with van der Waals surface area (Å²) in [5.41, 5.74) is 0.965. The Bertz CT molecular complexity index is 1450. The van der Waals surface area contributed by atoms with Crippen LogP contribution in [-0.4, -0.2) is 28.3 Å². The van der Waals surface area contributed by atoms with Crippen molar-refractivity contribution in [1.29, 1.82) is 0 Å². The molecule has 0 saturated heterocycles. The summed E-state index contributed by atoms with van der Waals surface area (Å²) < 4.78 is 28.2. The summed E-state index contributed by atoms with van der Waals surface area (Å²) in [5.74, 6) is -0.0599. The van der Waals surface area contributed by atoms with Gasteiger partial charge in [-0.05, 0) is 30.3 Å². The maximum Gasteiger partial charge on any atom is 0.270 e. The molecule has 10 nitrogen and oxygen atoms in total. The van der Waals surface area contributed by atoms with Crippen LogP contribution in [0.5, 0.6) is 0 Å². The highest BCUT2D eigenvalue weighted by Crippen LogP contribution is 2.29. The zero-order chi connectivity index (χ0) is 22.9. The van der Waals surface area contributed by atoms with Gasteiger partial charge in [-0.2, -0.15) is 0 Å². The fraction of sp³-hybridized carbons (Fsp3) is 0. The third kappa shape index (κ3) is 4.69. The Morgan fingerprint density at radius 2 is 1.47 bits per heavy atom. The number of non-ortho nitro benzene ring substituents is 1. The summed E-state index contributed by atoms with van der Waals surface area (Å²) >= 11 is 11.9. The molecule has 0 amide bonds.